The molecule has 1 saturated carbocycles. The van der Waals surface area contributed by atoms with Crippen LogP contribution in [0.5, 0.6) is 0 Å². The third-order valence-electron chi connectivity index (χ3n) is 10.5. The molecule has 0 saturated heterocycles. The van der Waals surface area contributed by atoms with Gasteiger partial charge in [-0.15, -0.1) is 0 Å². The van der Waals surface area contributed by atoms with Crippen LogP contribution in [0.15, 0.2) is 18.3 Å². The predicted octanol–water partition coefficient (Wildman–Crippen LogP) is 7.92. The molecule has 4 aromatic rings. The highest BCUT2D eigenvalue weighted by molar-refractivity contribution is 5.99. The summed E-state index contributed by atoms with van der Waals surface area (Å²) in [7, 11) is 0. The van der Waals surface area contributed by atoms with Gasteiger partial charge >= 0.3 is 0 Å². The number of hydrogen-bond donors (Lipinski definition) is 0. The van der Waals surface area contributed by atoms with E-state index in [0.717, 1.165) is 36.2 Å². The Morgan fingerprint density at radius 1 is 0.973 bits per heavy atom. The maximum atomic E-state index is 5.52. The summed E-state index contributed by atoms with van der Waals surface area (Å²) < 4.78 is 5.27. The van der Waals surface area contributed by atoms with E-state index in [1.165, 1.54) is 46.8 Å². The highest BCUT2D eigenvalue weighted by Crippen LogP contribution is 2.59. The molecular formula is C33H43N4+. The molecule has 1 aromatic carbocycles. The van der Waals surface area contributed by atoms with E-state index in [-0.39, 0.29) is 16.4 Å². The van der Waals surface area contributed by atoms with Crippen LogP contribution < -0.4 is 4.57 Å². The van der Waals surface area contributed by atoms with E-state index in [9.17, 15) is 0 Å². The fraction of sp³-hybridized carbons (Fsp3) is 0.606. The number of aromatic nitrogens is 4. The molecule has 0 amide bonds. The Morgan fingerprint density at radius 2 is 1.68 bits per heavy atom. The van der Waals surface area contributed by atoms with Crippen LogP contribution in [0.3, 0.4) is 0 Å². The summed E-state index contributed by atoms with van der Waals surface area (Å²) in [6, 6.07) is 4.90. The minimum atomic E-state index is -0.0942. The standard InChI is InChI=1S/C33H43N4/c1-10-33(11-2)18(3)26-27-20-13-12-19(14-20)21(27)15-22-28(26)29-36(30(35-22)32(7,8)9)24-17-34-25(31(4,5)6)16-23(24)37(29)33/h15-20H,10-14H2,1-9H3/q+1. The molecule has 3 atom stereocenters. The molecule has 37 heavy (non-hydrogen) atoms. The number of nitrogens with zero attached hydrogens (tertiary/aromatic N) is 4. The molecule has 4 heteroatoms. The fourth-order valence-corrected chi connectivity index (χ4v) is 8.54. The molecule has 3 unspecified atom stereocenters. The smallest absolute Gasteiger partial charge is 0.256 e. The SMILES string of the molecule is CCC1(CC)C(C)c2c3c(cc4nc(C(C)(C)C)n5c6cnc(C(C)(C)C)cc6[n+]1c5c24)C1CCC3C1. The molecule has 1 aliphatic heterocycles. The molecule has 0 spiro atoms. The van der Waals surface area contributed by atoms with E-state index in [2.05, 4.69) is 89.6 Å². The highest BCUT2D eigenvalue weighted by atomic mass is 15.2. The lowest BCUT2D eigenvalue weighted by Crippen LogP contribution is -2.60. The van der Waals surface area contributed by atoms with E-state index >= 15 is 0 Å². The third-order valence-corrected chi connectivity index (χ3v) is 10.5. The Morgan fingerprint density at radius 3 is 2.32 bits per heavy atom. The van der Waals surface area contributed by atoms with Crippen molar-refractivity contribution in [1.29, 1.82) is 0 Å². The topological polar surface area (TPSA) is 34.1 Å². The minimum Gasteiger partial charge on any atom is -0.256 e. The second-order valence-corrected chi connectivity index (χ2v) is 14.4. The summed E-state index contributed by atoms with van der Waals surface area (Å²) in [6.45, 7) is 21.1. The summed E-state index contributed by atoms with van der Waals surface area (Å²) in [4.78, 5) is 10.6. The Bertz CT molecular complexity index is 1620. The van der Waals surface area contributed by atoms with Gasteiger partial charge in [-0.1, -0.05) is 62.3 Å². The first kappa shape index (κ1) is 23.6. The molecular weight excluding hydrogens is 452 g/mol. The average molecular weight is 496 g/mol. The van der Waals surface area contributed by atoms with Gasteiger partial charge in [-0.05, 0) is 66.7 Å². The molecule has 4 nitrogen and oxygen atoms in total. The second kappa shape index (κ2) is 7.12. The summed E-state index contributed by atoms with van der Waals surface area (Å²) in [5.74, 6) is 3.06. The molecule has 3 aromatic heterocycles. The quantitative estimate of drug-likeness (QED) is 0.265. The van der Waals surface area contributed by atoms with Crippen LogP contribution in [0, 0.1) is 0 Å². The summed E-state index contributed by atoms with van der Waals surface area (Å²) in [6.07, 6.45) is 8.44. The van der Waals surface area contributed by atoms with E-state index in [4.69, 9.17) is 9.97 Å². The fourth-order valence-electron chi connectivity index (χ4n) is 8.54. The molecule has 0 radical (unpaired) electrons. The number of rotatable bonds is 2. The lowest BCUT2D eigenvalue weighted by molar-refractivity contribution is -0.725. The van der Waals surface area contributed by atoms with Crippen LogP contribution in [-0.4, -0.2) is 14.4 Å². The van der Waals surface area contributed by atoms with Crippen molar-refractivity contribution < 1.29 is 4.57 Å². The van der Waals surface area contributed by atoms with Crippen molar-refractivity contribution in [1.82, 2.24) is 14.4 Å². The van der Waals surface area contributed by atoms with Crippen LogP contribution in [-0.2, 0) is 16.4 Å². The summed E-state index contributed by atoms with van der Waals surface area (Å²) in [5, 5.41) is 1.41. The number of imidazole rings is 1. The maximum Gasteiger partial charge on any atom is 0.299 e. The van der Waals surface area contributed by atoms with Crippen molar-refractivity contribution in [3.63, 3.8) is 0 Å². The van der Waals surface area contributed by atoms with Crippen molar-refractivity contribution in [2.75, 3.05) is 0 Å². The van der Waals surface area contributed by atoms with Gasteiger partial charge in [0, 0.05) is 22.8 Å². The van der Waals surface area contributed by atoms with Crippen LogP contribution in [0.2, 0.25) is 0 Å². The Labute approximate surface area is 221 Å². The zero-order valence-electron chi connectivity index (χ0n) is 24.3. The predicted molar refractivity (Wildman–Crippen MR) is 152 cm³/mol. The van der Waals surface area contributed by atoms with Gasteiger partial charge in [-0.2, -0.15) is 4.40 Å². The Balaban J connectivity index is 1.78. The lowest BCUT2D eigenvalue weighted by Gasteiger charge is -2.41. The monoisotopic (exact) mass is 495 g/mol. The van der Waals surface area contributed by atoms with Crippen molar-refractivity contribution in [3.05, 3.63) is 46.5 Å². The molecule has 1 fully saturated rings. The Hall–Kier alpha value is -2.49. The number of fused-ring (bicyclic) bond motifs is 9. The van der Waals surface area contributed by atoms with Crippen molar-refractivity contribution >= 4 is 27.6 Å². The molecule has 0 N–H and O–H groups in total. The van der Waals surface area contributed by atoms with Crippen molar-refractivity contribution in [2.45, 2.75) is 129 Å². The van der Waals surface area contributed by atoms with Gasteiger partial charge in [0.15, 0.2) is 11.0 Å². The molecule has 4 heterocycles. The summed E-state index contributed by atoms with van der Waals surface area (Å²) in [5.41, 5.74) is 11.2. The zero-order valence-corrected chi connectivity index (χ0v) is 24.3. The van der Waals surface area contributed by atoms with Gasteiger partial charge in [0.05, 0.1) is 22.8 Å². The molecule has 7 rings (SSSR count). The first-order valence-corrected chi connectivity index (χ1v) is 14.7. The maximum absolute atomic E-state index is 5.52. The number of benzene rings is 1. The normalized spacial score (nSPS) is 24.2. The summed E-state index contributed by atoms with van der Waals surface area (Å²) >= 11 is 0. The van der Waals surface area contributed by atoms with Crippen LogP contribution in [0.1, 0.15) is 140 Å². The zero-order chi connectivity index (χ0) is 26.2. The molecule has 3 aliphatic rings. The number of hydrogen-bond acceptors (Lipinski definition) is 2. The average Bonchev–Trinajstić information content (AvgIpc) is 3.54. The second-order valence-electron chi connectivity index (χ2n) is 14.4. The molecule has 2 aliphatic carbocycles. The largest absolute Gasteiger partial charge is 0.299 e. The van der Waals surface area contributed by atoms with Gasteiger partial charge in [0.1, 0.15) is 5.54 Å². The van der Waals surface area contributed by atoms with E-state index in [1.54, 1.807) is 16.7 Å². The lowest BCUT2D eigenvalue weighted by atomic mass is 9.69. The van der Waals surface area contributed by atoms with Gasteiger partial charge in [0.25, 0.3) is 5.65 Å². The van der Waals surface area contributed by atoms with Gasteiger partial charge in [-0.3, -0.25) is 4.98 Å². The van der Waals surface area contributed by atoms with Gasteiger partial charge in [0.2, 0.25) is 5.82 Å². The van der Waals surface area contributed by atoms with Crippen molar-refractivity contribution in [3.8, 4) is 0 Å². The number of pyridine rings is 1. The highest BCUT2D eigenvalue weighted by Gasteiger charge is 2.52. The first-order chi connectivity index (χ1) is 17.4. The minimum absolute atomic E-state index is 0.00461. The molecule has 2 bridgehead atoms. The first-order valence-electron chi connectivity index (χ1n) is 14.7. The van der Waals surface area contributed by atoms with E-state index in [0.29, 0.717) is 5.92 Å². The third kappa shape index (κ3) is 2.77. The van der Waals surface area contributed by atoms with Crippen LogP contribution in [0.4, 0.5) is 0 Å². The van der Waals surface area contributed by atoms with Crippen LogP contribution >= 0.6 is 0 Å². The van der Waals surface area contributed by atoms with Crippen LogP contribution in [0.25, 0.3) is 27.6 Å². The van der Waals surface area contributed by atoms with Gasteiger partial charge in [-0.25, -0.2) is 9.55 Å². The molecule has 194 valence electrons. The van der Waals surface area contributed by atoms with E-state index < -0.39 is 0 Å². The van der Waals surface area contributed by atoms with Crippen molar-refractivity contribution in [2.24, 2.45) is 0 Å². The van der Waals surface area contributed by atoms with E-state index in [1.807, 2.05) is 0 Å². The van der Waals surface area contributed by atoms with Gasteiger partial charge < -0.3 is 0 Å². The Kier molecular flexibility index (Phi) is 4.55.